The number of hydrogen-bond acceptors (Lipinski definition) is 5. The van der Waals surface area contributed by atoms with E-state index in [1.54, 1.807) is 24.3 Å². The number of pyridine rings is 1. The first kappa shape index (κ1) is 28.2. The highest BCUT2D eigenvalue weighted by molar-refractivity contribution is 9.15. The lowest BCUT2D eigenvalue weighted by Gasteiger charge is -2.26. The summed E-state index contributed by atoms with van der Waals surface area (Å²) >= 11 is 3.56. The van der Waals surface area contributed by atoms with Crippen LogP contribution in [0.3, 0.4) is 0 Å². The number of nitrogens with zero attached hydrogens (tertiary/aromatic N) is 1. The Labute approximate surface area is 216 Å². The number of aromatic nitrogens is 1. The van der Waals surface area contributed by atoms with Crippen LogP contribution in [0.2, 0.25) is 0 Å². The molecule has 1 fully saturated rings. The van der Waals surface area contributed by atoms with E-state index in [9.17, 15) is 31.1 Å². The number of rotatable bonds is 6. The van der Waals surface area contributed by atoms with Gasteiger partial charge in [-0.2, -0.15) is 26.3 Å². The molecule has 37 heavy (non-hydrogen) atoms. The number of alkyl halides is 6. The third kappa shape index (κ3) is 7.34. The van der Waals surface area contributed by atoms with Gasteiger partial charge in [0, 0.05) is 29.0 Å². The molecular weight excluding hydrogens is 570 g/mol. The van der Waals surface area contributed by atoms with Gasteiger partial charge in [-0.25, -0.2) is 4.98 Å². The molecule has 0 radical (unpaired) electrons. The first-order valence-corrected chi connectivity index (χ1v) is 11.7. The lowest BCUT2D eigenvalue weighted by atomic mass is 9.89. The standard InChI is InChI=1S/C24H21BrF6N4O2/c25-20(13-4-7-16(8-5-13)35-22(36)18(11-32)21(33)24(29,30)31)14-2-1-3-17(10-14)37-19-9-6-15(12-34-19)23(26,27)28/h1-3,6,9-12,16,32H,4-5,7-8,33H2,(H,35,36)/b20-13?,21-18+,32-11?. The van der Waals surface area contributed by atoms with Gasteiger partial charge in [0.15, 0.2) is 0 Å². The van der Waals surface area contributed by atoms with Crippen LogP contribution >= 0.6 is 15.9 Å². The minimum atomic E-state index is -4.92. The van der Waals surface area contributed by atoms with Crippen LogP contribution in [0, 0.1) is 5.41 Å². The minimum absolute atomic E-state index is 0.00493. The number of carbonyl (C=O) groups is 1. The van der Waals surface area contributed by atoms with E-state index in [0.717, 1.165) is 27.8 Å². The summed E-state index contributed by atoms with van der Waals surface area (Å²) in [6.45, 7) is 0. The van der Waals surface area contributed by atoms with Gasteiger partial charge in [-0.3, -0.25) is 4.79 Å². The molecule has 0 bridgehead atoms. The van der Waals surface area contributed by atoms with Gasteiger partial charge in [-0.15, -0.1) is 0 Å². The SMILES string of the molecule is N=C/C(C(=O)NC1CCC(=C(Br)c2cccc(Oc3ccc(C(F)(F)F)cn3)c2)CC1)=C(\N)C(F)(F)F. The van der Waals surface area contributed by atoms with Crippen molar-refractivity contribution in [1.29, 1.82) is 5.41 Å². The second-order valence-electron chi connectivity index (χ2n) is 8.15. The molecule has 4 N–H and O–H groups in total. The number of nitrogens with two attached hydrogens (primary N) is 1. The lowest BCUT2D eigenvalue weighted by molar-refractivity contribution is -0.137. The van der Waals surface area contributed by atoms with Crippen molar-refractivity contribution in [2.45, 2.75) is 44.1 Å². The maximum atomic E-state index is 12.8. The molecule has 0 atom stereocenters. The first-order chi connectivity index (χ1) is 17.3. The lowest BCUT2D eigenvalue weighted by Crippen LogP contribution is -2.39. The summed E-state index contributed by atoms with van der Waals surface area (Å²) in [4.78, 5) is 15.9. The summed E-state index contributed by atoms with van der Waals surface area (Å²) in [6, 6.07) is 8.43. The third-order valence-corrected chi connectivity index (χ3v) is 6.61. The highest BCUT2D eigenvalue weighted by Crippen LogP contribution is 2.36. The molecular formula is C24H21BrF6N4O2. The van der Waals surface area contributed by atoms with Crippen LogP contribution < -0.4 is 15.8 Å². The van der Waals surface area contributed by atoms with E-state index in [-0.39, 0.29) is 12.1 Å². The summed E-state index contributed by atoms with van der Waals surface area (Å²) in [5.41, 5.74) is 3.30. The average Bonchev–Trinajstić information content (AvgIpc) is 2.84. The molecule has 1 amide bonds. The molecule has 0 saturated heterocycles. The summed E-state index contributed by atoms with van der Waals surface area (Å²) in [5.74, 6) is -0.700. The fraction of sp³-hybridized carbons (Fsp3) is 0.292. The van der Waals surface area contributed by atoms with Crippen LogP contribution in [-0.2, 0) is 11.0 Å². The Bertz CT molecular complexity index is 1210. The predicted molar refractivity (Wildman–Crippen MR) is 128 cm³/mol. The van der Waals surface area contributed by atoms with E-state index < -0.39 is 41.1 Å². The summed E-state index contributed by atoms with van der Waals surface area (Å²) < 4.78 is 82.9. The molecule has 1 saturated carbocycles. The summed E-state index contributed by atoms with van der Waals surface area (Å²) in [7, 11) is 0. The van der Waals surface area contributed by atoms with Gasteiger partial charge in [0.1, 0.15) is 11.4 Å². The Kier molecular flexibility index (Phi) is 8.67. The fourth-order valence-corrected chi connectivity index (χ4v) is 4.28. The average molecular weight is 591 g/mol. The van der Waals surface area contributed by atoms with Crippen LogP contribution in [-0.4, -0.2) is 29.3 Å². The van der Waals surface area contributed by atoms with E-state index in [0.29, 0.717) is 37.6 Å². The number of nitrogens with one attached hydrogen (secondary N) is 2. The van der Waals surface area contributed by atoms with Gasteiger partial charge >= 0.3 is 12.4 Å². The topological polar surface area (TPSA) is 101 Å². The Morgan fingerprint density at radius 2 is 1.81 bits per heavy atom. The molecule has 1 aromatic heterocycles. The Hall–Kier alpha value is -3.35. The molecule has 2 aromatic rings. The van der Waals surface area contributed by atoms with Crippen molar-refractivity contribution in [2.24, 2.45) is 5.73 Å². The normalized spacial score (nSPS) is 17.1. The second kappa shape index (κ2) is 11.4. The van der Waals surface area contributed by atoms with Gasteiger partial charge in [0.05, 0.1) is 11.1 Å². The van der Waals surface area contributed by atoms with E-state index in [1.807, 2.05) is 0 Å². The molecule has 3 rings (SSSR count). The van der Waals surface area contributed by atoms with Gasteiger partial charge in [0.2, 0.25) is 5.88 Å². The number of hydrogen-bond donors (Lipinski definition) is 3. The van der Waals surface area contributed by atoms with Crippen molar-refractivity contribution in [1.82, 2.24) is 10.3 Å². The molecule has 6 nitrogen and oxygen atoms in total. The molecule has 1 aliphatic rings. The van der Waals surface area contributed by atoms with E-state index in [1.165, 1.54) is 0 Å². The highest BCUT2D eigenvalue weighted by atomic mass is 79.9. The second-order valence-corrected chi connectivity index (χ2v) is 8.94. The van der Waals surface area contributed by atoms with Gasteiger partial charge in [-0.1, -0.05) is 33.6 Å². The Morgan fingerprint density at radius 1 is 1.14 bits per heavy atom. The maximum absolute atomic E-state index is 12.8. The van der Waals surface area contributed by atoms with Crippen molar-refractivity contribution < 1.29 is 35.9 Å². The zero-order valence-corrected chi connectivity index (χ0v) is 20.6. The molecule has 1 aromatic carbocycles. The highest BCUT2D eigenvalue weighted by Gasteiger charge is 2.36. The number of amides is 1. The smallest absolute Gasteiger partial charge is 0.431 e. The molecule has 1 heterocycles. The fourth-order valence-electron chi connectivity index (χ4n) is 3.64. The van der Waals surface area contributed by atoms with E-state index in [4.69, 9.17) is 15.9 Å². The monoisotopic (exact) mass is 590 g/mol. The summed E-state index contributed by atoms with van der Waals surface area (Å²) in [6.07, 6.45) is -6.45. The van der Waals surface area contributed by atoms with Gasteiger partial charge in [0.25, 0.3) is 5.91 Å². The Balaban J connectivity index is 1.65. The maximum Gasteiger partial charge on any atom is 0.431 e. The van der Waals surface area contributed by atoms with Crippen molar-refractivity contribution in [3.63, 3.8) is 0 Å². The first-order valence-electron chi connectivity index (χ1n) is 10.9. The number of benzene rings is 1. The summed E-state index contributed by atoms with van der Waals surface area (Å²) in [5, 5.41) is 9.64. The quantitative estimate of drug-likeness (QED) is 0.203. The largest absolute Gasteiger partial charge is 0.439 e. The van der Waals surface area contributed by atoms with Gasteiger partial charge < -0.3 is 21.2 Å². The zero-order chi connectivity index (χ0) is 27.4. The molecule has 0 spiro atoms. The number of ether oxygens (including phenoxy) is 1. The van der Waals surface area contributed by atoms with Crippen molar-refractivity contribution in [3.8, 4) is 11.6 Å². The van der Waals surface area contributed by atoms with Crippen LogP contribution in [0.1, 0.15) is 36.8 Å². The van der Waals surface area contributed by atoms with E-state index >= 15 is 0 Å². The van der Waals surface area contributed by atoms with Crippen LogP contribution in [0.15, 0.2) is 59.4 Å². The van der Waals surface area contributed by atoms with E-state index in [2.05, 4.69) is 26.2 Å². The predicted octanol–water partition coefficient (Wildman–Crippen LogP) is 6.48. The third-order valence-electron chi connectivity index (χ3n) is 5.59. The van der Waals surface area contributed by atoms with Crippen molar-refractivity contribution >= 4 is 32.5 Å². The van der Waals surface area contributed by atoms with Gasteiger partial charge in [-0.05, 0) is 49.4 Å². The Morgan fingerprint density at radius 3 is 2.35 bits per heavy atom. The molecule has 13 heteroatoms. The van der Waals surface area contributed by atoms with Crippen molar-refractivity contribution in [3.05, 3.63) is 70.6 Å². The van der Waals surface area contributed by atoms with Crippen LogP contribution in [0.5, 0.6) is 11.6 Å². The molecule has 0 aliphatic heterocycles. The minimum Gasteiger partial charge on any atom is -0.439 e. The number of carbonyl (C=O) groups excluding carboxylic acids is 1. The number of allylic oxidation sites excluding steroid dienone is 2. The molecule has 0 unspecified atom stereocenters. The molecule has 198 valence electrons. The van der Waals surface area contributed by atoms with Crippen LogP contribution in [0.25, 0.3) is 4.48 Å². The molecule has 1 aliphatic carbocycles. The van der Waals surface area contributed by atoms with Crippen molar-refractivity contribution in [2.75, 3.05) is 0 Å². The number of halogens is 7. The van der Waals surface area contributed by atoms with Crippen LogP contribution in [0.4, 0.5) is 26.3 Å². The zero-order valence-electron chi connectivity index (χ0n) is 19.0.